The van der Waals surface area contributed by atoms with E-state index in [4.69, 9.17) is 5.11 Å². The van der Waals surface area contributed by atoms with Gasteiger partial charge in [0.15, 0.2) is 0 Å². The number of carbonyl (C=O) groups is 3. The summed E-state index contributed by atoms with van der Waals surface area (Å²) in [6.07, 6.45) is 1.94. The molecule has 0 aliphatic heterocycles. The largest absolute Gasteiger partial charge is 0.481 e. The molecule has 0 fully saturated rings. The van der Waals surface area contributed by atoms with Gasteiger partial charge >= 0.3 is 12.0 Å². The van der Waals surface area contributed by atoms with Gasteiger partial charge in [0.05, 0.1) is 12.5 Å². The van der Waals surface area contributed by atoms with Crippen molar-refractivity contribution < 1.29 is 19.5 Å². The first-order valence-electron chi connectivity index (χ1n) is 6.48. The normalized spacial score (nSPS) is 11.5. The number of urea groups is 1. The molecular formula is C12H23N3O4. The molecule has 3 amide bonds. The molecule has 19 heavy (non-hydrogen) atoms. The zero-order valence-electron chi connectivity index (χ0n) is 11.5. The summed E-state index contributed by atoms with van der Waals surface area (Å²) in [6, 6.07) is -0.422. The molecule has 4 N–H and O–H groups in total. The molecule has 0 rings (SSSR count). The number of carbonyl (C=O) groups excluding carboxylic acids is 2. The van der Waals surface area contributed by atoms with Gasteiger partial charge < -0.3 is 21.1 Å². The minimum absolute atomic E-state index is 0.0582. The molecule has 0 spiro atoms. The van der Waals surface area contributed by atoms with Crippen molar-refractivity contribution in [1.29, 1.82) is 0 Å². The van der Waals surface area contributed by atoms with Crippen LogP contribution in [0.15, 0.2) is 0 Å². The van der Waals surface area contributed by atoms with Crippen molar-refractivity contribution in [3.05, 3.63) is 0 Å². The molecule has 0 aromatic carbocycles. The van der Waals surface area contributed by atoms with E-state index in [1.54, 1.807) is 6.92 Å². The van der Waals surface area contributed by atoms with Crippen molar-refractivity contribution >= 4 is 17.9 Å². The van der Waals surface area contributed by atoms with Gasteiger partial charge in [-0.05, 0) is 19.3 Å². The molecule has 0 aromatic rings. The van der Waals surface area contributed by atoms with Gasteiger partial charge in [0.25, 0.3) is 0 Å². The number of aliphatic carboxylic acids is 1. The summed E-state index contributed by atoms with van der Waals surface area (Å²) in [7, 11) is 0. The molecule has 0 saturated carbocycles. The van der Waals surface area contributed by atoms with E-state index < -0.39 is 17.9 Å². The predicted octanol–water partition coefficient (Wildman–Crippen LogP) is 0.313. The Hall–Kier alpha value is -1.79. The lowest BCUT2D eigenvalue weighted by Gasteiger charge is -2.09. The van der Waals surface area contributed by atoms with Crippen LogP contribution < -0.4 is 16.0 Å². The fourth-order valence-corrected chi connectivity index (χ4v) is 1.28. The van der Waals surface area contributed by atoms with Crippen molar-refractivity contribution in [2.24, 2.45) is 5.92 Å². The van der Waals surface area contributed by atoms with Gasteiger partial charge in [0.2, 0.25) is 5.91 Å². The van der Waals surface area contributed by atoms with Crippen molar-refractivity contribution in [3.63, 3.8) is 0 Å². The van der Waals surface area contributed by atoms with Gasteiger partial charge in [-0.1, -0.05) is 13.8 Å². The van der Waals surface area contributed by atoms with Crippen molar-refractivity contribution in [2.45, 2.75) is 33.1 Å². The highest BCUT2D eigenvalue weighted by Gasteiger charge is 2.10. The van der Waals surface area contributed by atoms with Crippen LogP contribution in [0.4, 0.5) is 4.79 Å². The van der Waals surface area contributed by atoms with E-state index in [-0.39, 0.29) is 12.5 Å². The zero-order valence-corrected chi connectivity index (χ0v) is 11.5. The van der Waals surface area contributed by atoms with Gasteiger partial charge in [-0.25, -0.2) is 4.79 Å². The summed E-state index contributed by atoms with van der Waals surface area (Å²) in [5.41, 5.74) is 0. The summed E-state index contributed by atoms with van der Waals surface area (Å²) in [4.78, 5) is 33.0. The average molecular weight is 273 g/mol. The average Bonchev–Trinajstić information content (AvgIpc) is 2.38. The second kappa shape index (κ2) is 10.2. The Labute approximate surface area is 113 Å². The van der Waals surface area contributed by atoms with Crippen LogP contribution in [-0.4, -0.2) is 42.6 Å². The Morgan fingerprint density at radius 2 is 1.79 bits per heavy atom. The molecule has 0 aromatic heterocycles. The Bertz CT molecular complexity index is 307. The number of carboxylic acid groups (broad SMARTS) is 1. The van der Waals surface area contributed by atoms with E-state index in [0.29, 0.717) is 25.9 Å². The number of rotatable bonds is 9. The van der Waals surface area contributed by atoms with Crippen molar-refractivity contribution in [1.82, 2.24) is 16.0 Å². The molecule has 0 heterocycles. The van der Waals surface area contributed by atoms with E-state index in [9.17, 15) is 14.4 Å². The van der Waals surface area contributed by atoms with Gasteiger partial charge in [-0.3, -0.25) is 9.59 Å². The van der Waals surface area contributed by atoms with Crippen LogP contribution in [0.5, 0.6) is 0 Å². The lowest BCUT2D eigenvalue weighted by molar-refractivity contribution is -0.141. The van der Waals surface area contributed by atoms with Crippen LogP contribution in [0.25, 0.3) is 0 Å². The Kier molecular flexibility index (Phi) is 9.20. The molecule has 7 nitrogen and oxygen atoms in total. The second-order valence-electron chi connectivity index (χ2n) is 4.34. The number of amides is 3. The molecule has 0 aliphatic carbocycles. The van der Waals surface area contributed by atoms with Crippen LogP contribution in [-0.2, 0) is 9.59 Å². The summed E-state index contributed by atoms with van der Waals surface area (Å²) in [5, 5.41) is 16.3. The van der Waals surface area contributed by atoms with E-state index in [0.717, 1.165) is 6.42 Å². The lowest BCUT2D eigenvalue weighted by Crippen LogP contribution is -2.42. The van der Waals surface area contributed by atoms with Gasteiger partial charge in [0, 0.05) is 13.1 Å². The van der Waals surface area contributed by atoms with Crippen LogP contribution in [0.1, 0.15) is 33.1 Å². The first-order valence-corrected chi connectivity index (χ1v) is 6.48. The van der Waals surface area contributed by atoms with Crippen LogP contribution >= 0.6 is 0 Å². The van der Waals surface area contributed by atoms with Crippen LogP contribution in [0, 0.1) is 5.92 Å². The van der Waals surface area contributed by atoms with Crippen molar-refractivity contribution in [2.75, 3.05) is 19.6 Å². The van der Waals surface area contributed by atoms with Gasteiger partial charge in [0.1, 0.15) is 0 Å². The highest BCUT2D eigenvalue weighted by atomic mass is 16.4. The fraction of sp³-hybridized carbons (Fsp3) is 0.750. The molecule has 1 atom stereocenters. The maximum atomic E-state index is 11.3. The summed E-state index contributed by atoms with van der Waals surface area (Å²) < 4.78 is 0. The van der Waals surface area contributed by atoms with Crippen molar-refractivity contribution in [3.8, 4) is 0 Å². The van der Waals surface area contributed by atoms with E-state index in [1.165, 1.54) is 0 Å². The predicted molar refractivity (Wildman–Crippen MR) is 70.7 cm³/mol. The number of nitrogens with one attached hydrogen (secondary N) is 3. The molecule has 0 radical (unpaired) electrons. The first kappa shape index (κ1) is 17.2. The Balaban J connectivity index is 3.54. The second-order valence-corrected chi connectivity index (χ2v) is 4.34. The molecule has 7 heteroatoms. The van der Waals surface area contributed by atoms with Crippen LogP contribution in [0.2, 0.25) is 0 Å². The monoisotopic (exact) mass is 273 g/mol. The first-order chi connectivity index (χ1) is 8.97. The maximum Gasteiger partial charge on any atom is 0.315 e. The SMILES string of the molecule is CCCNC(=O)CNC(=O)NCCCC(C)C(=O)O. The van der Waals surface area contributed by atoms with Gasteiger partial charge in [-0.15, -0.1) is 0 Å². The topological polar surface area (TPSA) is 108 Å². The van der Waals surface area contributed by atoms with Crippen LogP contribution in [0.3, 0.4) is 0 Å². The third kappa shape index (κ3) is 9.87. The third-order valence-corrected chi connectivity index (χ3v) is 2.50. The highest BCUT2D eigenvalue weighted by Crippen LogP contribution is 2.03. The maximum absolute atomic E-state index is 11.3. The molecule has 1 unspecified atom stereocenters. The standard InChI is InChI=1S/C12H23N3O4/c1-3-6-13-10(16)8-15-12(19)14-7-4-5-9(2)11(17)18/h9H,3-8H2,1-2H3,(H,13,16)(H,17,18)(H2,14,15,19). The Morgan fingerprint density at radius 1 is 1.11 bits per heavy atom. The number of hydrogen-bond acceptors (Lipinski definition) is 3. The van der Waals surface area contributed by atoms with E-state index >= 15 is 0 Å². The molecule has 0 aliphatic rings. The summed E-state index contributed by atoms with van der Waals surface area (Å²) >= 11 is 0. The third-order valence-electron chi connectivity index (χ3n) is 2.50. The van der Waals surface area contributed by atoms with E-state index in [1.807, 2.05) is 6.92 Å². The summed E-state index contributed by atoms with van der Waals surface area (Å²) in [6.45, 7) is 4.49. The number of carboxylic acids is 1. The highest BCUT2D eigenvalue weighted by molar-refractivity contribution is 5.83. The molecule has 0 bridgehead atoms. The molecule has 0 saturated heterocycles. The molecule has 110 valence electrons. The molecular weight excluding hydrogens is 250 g/mol. The van der Waals surface area contributed by atoms with Gasteiger partial charge in [-0.2, -0.15) is 0 Å². The summed E-state index contributed by atoms with van der Waals surface area (Å²) in [5.74, 6) is -1.47. The lowest BCUT2D eigenvalue weighted by atomic mass is 10.1. The zero-order chi connectivity index (χ0) is 14.7. The number of hydrogen-bond donors (Lipinski definition) is 4. The van der Waals surface area contributed by atoms with E-state index in [2.05, 4.69) is 16.0 Å². The fourth-order valence-electron chi connectivity index (χ4n) is 1.28. The minimum atomic E-state index is -0.836. The smallest absolute Gasteiger partial charge is 0.315 e. The Morgan fingerprint density at radius 3 is 2.37 bits per heavy atom. The quantitative estimate of drug-likeness (QED) is 0.453. The minimum Gasteiger partial charge on any atom is -0.481 e.